The van der Waals surface area contributed by atoms with E-state index in [0.717, 1.165) is 12.3 Å². The molecule has 2 nitrogen and oxygen atoms in total. The molecule has 0 heterocycles. The second-order valence-electron chi connectivity index (χ2n) is 3.55. The van der Waals surface area contributed by atoms with Gasteiger partial charge in [-0.3, -0.25) is 0 Å². The zero-order chi connectivity index (χ0) is 10.6. The minimum absolute atomic E-state index is 0.497. The van der Waals surface area contributed by atoms with E-state index >= 15 is 0 Å². The maximum atomic E-state index is 5.34. The fourth-order valence-electron chi connectivity index (χ4n) is 1.68. The number of benzene rings is 1. The molecule has 2 heteroatoms. The Morgan fingerprint density at radius 3 is 2.43 bits per heavy atom. The molecule has 0 radical (unpaired) electrons. The number of rotatable bonds is 4. The molecular weight excluding hydrogens is 174 g/mol. The molecule has 1 rings (SSSR count). The van der Waals surface area contributed by atoms with Crippen LogP contribution in [0.15, 0.2) is 24.3 Å². The van der Waals surface area contributed by atoms with E-state index in [2.05, 4.69) is 31.7 Å². The molecule has 0 unspecified atom stereocenters. The van der Waals surface area contributed by atoms with Gasteiger partial charge < -0.3 is 9.64 Å². The van der Waals surface area contributed by atoms with Gasteiger partial charge in [0.05, 0.1) is 12.8 Å². The molecule has 0 saturated carbocycles. The second kappa shape index (κ2) is 4.89. The lowest BCUT2D eigenvalue weighted by Gasteiger charge is -2.28. The van der Waals surface area contributed by atoms with E-state index in [1.807, 2.05) is 18.2 Å². The summed E-state index contributed by atoms with van der Waals surface area (Å²) in [6.07, 6.45) is 0. The number of para-hydroxylation sites is 2. The average Bonchev–Trinajstić information content (AvgIpc) is 2.19. The van der Waals surface area contributed by atoms with E-state index in [1.54, 1.807) is 7.11 Å². The maximum absolute atomic E-state index is 5.34. The Kier molecular flexibility index (Phi) is 3.81. The van der Waals surface area contributed by atoms with Gasteiger partial charge in [-0.25, -0.2) is 0 Å². The highest BCUT2D eigenvalue weighted by molar-refractivity contribution is 5.58. The predicted octanol–water partition coefficient (Wildman–Crippen LogP) is 2.93. The average molecular weight is 193 g/mol. The molecule has 78 valence electrons. The lowest BCUT2D eigenvalue weighted by Crippen LogP contribution is -2.30. The first-order valence-electron chi connectivity index (χ1n) is 5.10. The number of hydrogen-bond donors (Lipinski definition) is 0. The molecule has 0 bridgehead atoms. The molecule has 0 aliphatic heterocycles. The van der Waals surface area contributed by atoms with E-state index < -0.39 is 0 Å². The fourth-order valence-corrected chi connectivity index (χ4v) is 1.68. The SMILES string of the molecule is CCN(c1ccccc1OC)C(C)C. The molecule has 0 fully saturated rings. The quantitative estimate of drug-likeness (QED) is 0.729. The Morgan fingerprint density at radius 1 is 1.29 bits per heavy atom. The molecule has 14 heavy (non-hydrogen) atoms. The van der Waals surface area contributed by atoms with Crippen molar-refractivity contribution in [2.24, 2.45) is 0 Å². The van der Waals surface area contributed by atoms with Crippen LogP contribution < -0.4 is 9.64 Å². The molecule has 0 spiro atoms. The Balaban J connectivity index is 3.02. The number of hydrogen-bond acceptors (Lipinski definition) is 2. The van der Waals surface area contributed by atoms with E-state index in [4.69, 9.17) is 4.74 Å². The number of anilines is 1. The first-order valence-corrected chi connectivity index (χ1v) is 5.10. The van der Waals surface area contributed by atoms with Crippen LogP contribution in [-0.4, -0.2) is 19.7 Å². The monoisotopic (exact) mass is 193 g/mol. The number of methoxy groups -OCH3 is 1. The summed E-state index contributed by atoms with van der Waals surface area (Å²) in [5.74, 6) is 0.947. The number of nitrogens with zero attached hydrogens (tertiary/aromatic N) is 1. The van der Waals surface area contributed by atoms with E-state index in [1.165, 1.54) is 5.69 Å². The second-order valence-corrected chi connectivity index (χ2v) is 3.55. The summed E-state index contributed by atoms with van der Waals surface area (Å²) in [7, 11) is 1.72. The molecule has 0 atom stereocenters. The third-order valence-electron chi connectivity index (χ3n) is 2.36. The molecule has 0 amide bonds. The van der Waals surface area contributed by atoms with Gasteiger partial charge >= 0.3 is 0 Å². The van der Waals surface area contributed by atoms with Crippen molar-refractivity contribution in [3.8, 4) is 5.75 Å². The molecule has 0 aliphatic rings. The lowest BCUT2D eigenvalue weighted by molar-refractivity contribution is 0.413. The predicted molar refractivity (Wildman–Crippen MR) is 61.2 cm³/mol. The summed E-state index contributed by atoms with van der Waals surface area (Å²) in [6.45, 7) is 7.54. The highest BCUT2D eigenvalue weighted by atomic mass is 16.5. The van der Waals surface area contributed by atoms with Crippen molar-refractivity contribution < 1.29 is 4.74 Å². The van der Waals surface area contributed by atoms with Crippen molar-refractivity contribution in [2.75, 3.05) is 18.6 Å². The van der Waals surface area contributed by atoms with Crippen LogP contribution in [0.4, 0.5) is 5.69 Å². The number of ether oxygens (including phenoxy) is 1. The largest absolute Gasteiger partial charge is 0.495 e. The van der Waals surface area contributed by atoms with Crippen LogP contribution in [0.3, 0.4) is 0 Å². The molecule has 0 aromatic heterocycles. The van der Waals surface area contributed by atoms with Crippen molar-refractivity contribution in [3.63, 3.8) is 0 Å². The van der Waals surface area contributed by atoms with Gasteiger partial charge in [0, 0.05) is 12.6 Å². The van der Waals surface area contributed by atoms with E-state index in [9.17, 15) is 0 Å². The Bertz CT molecular complexity index is 283. The van der Waals surface area contributed by atoms with Crippen molar-refractivity contribution in [1.29, 1.82) is 0 Å². The molecule has 0 aliphatic carbocycles. The zero-order valence-electron chi connectivity index (χ0n) is 9.45. The molecule has 1 aromatic carbocycles. The summed E-state index contributed by atoms with van der Waals surface area (Å²) in [5.41, 5.74) is 1.17. The minimum Gasteiger partial charge on any atom is -0.495 e. The molecule has 1 aromatic rings. The smallest absolute Gasteiger partial charge is 0.142 e. The summed E-state index contributed by atoms with van der Waals surface area (Å²) in [6, 6.07) is 8.64. The van der Waals surface area contributed by atoms with Gasteiger partial charge in [-0.1, -0.05) is 12.1 Å². The standard InChI is InChI=1S/C12H19NO/c1-5-13(10(2)3)11-8-6-7-9-12(11)14-4/h6-10H,5H2,1-4H3. The summed E-state index contributed by atoms with van der Waals surface area (Å²) >= 11 is 0. The summed E-state index contributed by atoms with van der Waals surface area (Å²) in [5, 5.41) is 0. The van der Waals surface area contributed by atoms with Crippen molar-refractivity contribution >= 4 is 5.69 Å². The van der Waals surface area contributed by atoms with Crippen LogP contribution in [-0.2, 0) is 0 Å². The summed E-state index contributed by atoms with van der Waals surface area (Å²) < 4.78 is 5.34. The third kappa shape index (κ3) is 2.19. The van der Waals surface area contributed by atoms with Crippen LogP contribution in [0.25, 0.3) is 0 Å². The summed E-state index contributed by atoms with van der Waals surface area (Å²) in [4.78, 5) is 2.32. The molecular formula is C12H19NO. The Labute approximate surface area is 86.5 Å². The van der Waals surface area contributed by atoms with Gasteiger partial charge in [0.25, 0.3) is 0 Å². The topological polar surface area (TPSA) is 12.5 Å². The zero-order valence-corrected chi connectivity index (χ0v) is 9.45. The van der Waals surface area contributed by atoms with E-state index in [-0.39, 0.29) is 0 Å². The van der Waals surface area contributed by atoms with Crippen LogP contribution in [0, 0.1) is 0 Å². The van der Waals surface area contributed by atoms with Gasteiger partial charge in [0.15, 0.2) is 0 Å². The first kappa shape index (κ1) is 10.9. The van der Waals surface area contributed by atoms with Crippen LogP contribution in [0.2, 0.25) is 0 Å². The highest BCUT2D eigenvalue weighted by Crippen LogP contribution is 2.28. The molecule has 0 N–H and O–H groups in total. The Hall–Kier alpha value is -1.18. The van der Waals surface area contributed by atoms with Crippen LogP contribution in [0.5, 0.6) is 5.75 Å². The highest BCUT2D eigenvalue weighted by Gasteiger charge is 2.11. The van der Waals surface area contributed by atoms with Gasteiger partial charge in [-0.2, -0.15) is 0 Å². The minimum atomic E-state index is 0.497. The van der Waals surface area contributed by atoms with Crippen LogP contribution in [0.1, 0.15) is 20.8 Å². The fraction of sp³-hybridized carbons (Fsp3) is 0.500. The van der Waals surface area contributed by atoms with Crippen molar-refractivity contribution in [1.82, 2.24) is 0 Å². The van der Waals surface area contributed by atoms with Gasteiger partial charge in [0.2, 0.25) is 0 Å². The maximum Gasteiger partial charge on any atom is 0.142 e. The Morgan fingerprint density at radius 2 is 1.93 bits per heavy atom. The normalized spacial score (nSPS) is 10.4. The van der Waals surface area contributed by atoms with E-state index in [0.29, 0.717) is 6.04 Å². The van der Waals surface area contributed by atoms with Crippen LogP contribution >= 0.6 is 0 Å². The third-order valence-corrected chi connectivity index (χ3v) is 2.36. The lowest BCUT2D eigenvalue weighted by atomic mass is 10.2. The van der Waals surface area contributed by atoms with Gasteiger partial charge in [-0.15, -0.1) is 0 Å². The first-order chi connectivity index (χ1) is 6.70. The van der Waals surface area contributed by atoms with Gasteiger partial charge in [0.1, 0.15) is 5.75 Å². The van der Waals surface area contributed by atoms with Crippen molar-refractivity contribution in [2.45, 2.75) is 26.8 Å². The molecule has 0 saturated heterocycles. The van der Waals surface area contributed by atoms with Crippen molar-refractivity contribution in [3.05, 3.63) is 24.3 Å². The van der Waals surface area contributed by atoms with Gasteiger partial charge in [-0.05, 0) is 32.9 Å².